The van der Waals surface area contributed by atoms with E-state index in [-0.39, 0.29) is 58.0 Å². The topological polar surface area (TPSA) is 159 Å². The Labute approximate surface area is 338 Å². The summed E-state index contributed by atoms with van der Waals surface area (Å²) in [5, 5.41) is 19.4. The maximum Gasteiger partial charge on any atom is 0.253 e. The summed E-state index contributed by atoms with van der Waals surface area (Å²) in [7, 11) is 1.97. The molecule has 6 heterocycles. The van der Waals surface area contributed by atoms with Gasteiger partial charge < -0.3 is 24.7 Å². The molecule has 15 heteroatoms. The summed E-state index contributed by atoms with van der Waals surface area (Å²) in [4.78, 5) is 61.6. The number of carbonyl (C=O) groups excluding carboxylic acids is 4. The first-order chi connectivity index (χ1) is 28.5. The maximum absolute atomic E-state index is 14.1. The quantitative estimate of drug-likeness (QED) is 0.138. The molecule has 0 radical (unpaired) electrons. The molecule has 0 bridgehead atoms. The molecule has 2 amide bonds. The fraction of sp³-hybridized carbons (Fsp3) is 0.341. The lowest BCUT2D eigenvalue weighted by atomic mass is 9.89. The number of phenolic OH excluding ortho intramolecular Hbond substituents is 2. The number of hydrogen-bond donors (Lipinski definition) is 2. The van der Waals surface area contributed by atoms with Gasteiger partial charge in [-0.05, 0) is 85.0 Å². The molecule has 8 rings (SSSR count). The van der Waals surface area contributed by atoms with E-state index in [9.17, 15) is 38.2 Å². The molecule has 2 aromatic carbocycles. The zero-order chi connectivity index (χ0) is 41.4. The summed E-state index contributed by atoms with van der Waals surface area (Å²) >= 11 is 0. The van der Waals surface area contributed by atoms with Crippen molar-refractivity contribution in [1.82, 2.24) is 24.4 Å². The number of carbonyl (C=O) groups is 4. The van der Waals surface area contributed by atoms with Crippen molar-refractivity contribution in [1.29, 1.82) is 0 Å². The molecule has 0 aliphatic carbocycles. The average molecular weight is 806 g/mol. The lowest BCUT2D eigenvalue weighted by Gasteiger charge is -2.32. The molecule has 2 atom stereocenters. The highest BCUT2D eigenvalue weighted by Gasteiger charge is 2.35. The number of rotatable bonds is 9. The predicted octanol–water partition coefficient (Wildman–Crippen LogP) is 5.83. The second-order valence-corrected chi connectivity index (χ2v) is 15.5. The van der Waals surface area contributed by atoms with Crippen molar-refractivity contribution in [3.8, 4) is 22.9 Å². The maximum atomic E-state index is 14.1. The van der Waals surface area contributed by atoms with Crippen molar-refractivity contribution in [2.24, 2.45) is 7.05 Å². The second-order valence-electron chi connectivity index (χ2n) is 15.5. The lowest BCUT2D eigenvalue weighted by molar-refractivity contribution is -0.759. The van der Waals surface area contributed by atoms with E-state index in [1.165, 1.54) is 12.1 Å². The van der Waals surface area contributed by atoms with E-state index in [0.29, 0.717) is 77.5 Å². The molecule has 3 aliphatic heterocycles. The molecule has 0 saturated carbocycles. The van der Waals surface area contributed by atoms with E-state index in [4.69, 9.17) is 14.7 Å². The van der Waals surface area contributed by atoms with E-state index < -0.39 is 23.1 Å². The standard InChI is InChI=1S/C44H42F2N6O7/c1-49-11-10-39(38-5-3-29(22-48-38)27-8-14-51(15-9-27)44(58)31-17-33(24-54)42(56)36(46)19-31)52(49)40-20-34(25-59-40)37-4-2-28(21-47-37)26-6-12-50(13-7-26)43(57)30-16-32(23-53)41(55)35(45)18-30/h2-5,10-11,16-19,21-24,26-27,34,40H,6-9,12-15,20,25H2,1H3,(H-,53,54,55,56,57,58)/p+1. The monoisotopic (exact) mass is 805 g/mol. The SMILES string of the molecule is C[n+]1ccc(-c2ccc(C3CCN(C(=O)c4cc(F)c(O)c(C=O)c4)CC3)cn2)n1C1CC(c2ccc(C3CCN(C(=O)c4cc(F)c(O)c(C=O)c4)CC3)cn2)CO1. The Morgan fingerprint density at radius 1 is 0.746 bits per heavy atom. The van der Waals surface area contributed by atoms with Gasteiger partial charge in [0.15, 0.2) is 55.2 Å². The number of phenols is 2. The van der Waals surface area contributed by atoms with E-state index in [1.807, 2.05) is 42.5 Å². The van der Waals surface area contributed by atoms with E-state index in [0.717, 1.165) is 40.3 Å². The Kier molecular flexibility index (Phi) is 11.0. The number of aryl methyl sites for hydroxylation is 1. The zero-order valence-corrected chi connectivity index (χ0v) is 32.3. The summed E-state index contributed by atoms with van der Waals surface area (Å²) in [6.07, 6.45) is 9.71. The van der Waals surface area contributed by atoms with Crippen molar-refractivity contribution < 1.29 is 47.6 Å². The van der Waals surface area contributed by atoms with Gasteiger partial charge in [0.1, 0.15) is 5.69 Å². The molecule has 59 heavy (non-hydrogen) atoms. The minimum atomic E-state index is -1.00. The molecule has 3 aromatic heterocycles. The molecule has 3 aliphatic rings. The van der Waals surface area contributed by atoms with Crippen molar-refractivity contribution in [3.63, 3.8) is 0 Å². The number of aromatic hydroxyl groups is 2. The second kappa shape index (κ2) is 16.5. The Morgan fingerprint density at radius 3 is 1.75 bits per heavy atom. The third-order valence-corrected chi connectivity index (χ3v) is 12.0. The van der Waals surface area contributed by atoms with Gasteiger partial charge in [0.2, 0.25) is 0 Å². The van der Waals surface area contributed by atoms with Crippen LogP contribution in [0.5, 0.6) is 11.5 Å². The summed E-state index contributed by atoms with van der Waals surface area (Å²) in [5.74, 6) is -3.82. The van der Waals surface area contributed by atoms with Crippen LogP contribution >= 0.6 is 0 Å². The minimum absolute atomic E-state index is 0.0292. The number of piperidine rings is 2. The smallest absolute Gasteiger partial charge is 0.253 e. The van der Waals surface area contributed by atoms with Crippen LogP contribution in [0.25, 0.3) is 11.4 Å². The Morgan fingerprint density at radius 2 is 1.27 bits per heavy atom. The number of pyridine rings is 2. The number of likely N-dealkylation sites (tertiary alicyclic amines) is 2. The van der Waals surface area contributed by atoms with Gasteiger partial charge in [0.05, 0.1) is 23.4 Å². The van der Waals surface area contributed by atoms with Crippen molar-refractivity contribution in [2.75, 3.05) is 32.8 Å². The normalized spacial score (nSPS) is 18.9. The summed E-state index contributed by atoms with van der Waals surface area (Å²) < 4.78 is 38.7. The number of aldehydes is 2. The molecular weight excluding hydrogens is 763 g/mol. The molecule has 3 saturated heterocycles. The molecule has 5 aromatic rings. The van der Waals surface area contributed by atoms with Crippen LogP contribution in [0.4, 0.5) is 8.78 Å². The predicted molar refractivity (Wildman–Crippen MR) is 208 cm³/mol. The Balaban J connectivity index is 0.857. The molecular formula is C44H43F2N6O7+. The van der Waals surface area contributed by atoms with Crippen LogP contribution in [-0.2, 0) is 11.8 Å². The number of nitrogens with zero attached hydrogens (tertiary/aromatic N) is 6. The third kappa shape index (κ3) is 7.81. The van der Waals surface area contributed by atoms with Crippen LogP contribution < -0.4 is 4.68 Å². The van der Waals surface area contributed by atoms with E-state index >= 15 is 0 Å². The van der Waals surface area contributed by atoms with Crippen LogP contribution in [0.1, 0.15) is 114 Å². The van der Waals surface area contributed by atoms with Crippen LogP contribution in [0, 0.1) is 11.6 Å². The first kappa shape index (κ1) is 39.5. The largest absolute Gasteiger partial charge is 0.504 e. The summed E-state index contributed by atoms with van der Waals surface area (Å²) in [6.45, 7) is 2.36. The molecule has 2 N–H and O–H groups in total. The van der Waals surface area contributed by atoms with Crippen LogP contribution in [0.3, 0.4) is 0 Å². The average Bonchev–Trinajstić information content (AvgIpc) is 3.92. The van der Waals surface area contributed by atoms with Crippen LogP contribution in [0.2, 0.25) is 0 Å². The first-order valence-corrected chi connectivity index (χ1v) is 19.7. The van der Waals surface area contributed by atoms with Gasteiger partial charge in [0.25, 0.3) is 11.8 Å². The molecule has 0 spiro atoms. The highest BCUT2D eigenvalue weighted by atomic mass is 19.1. The highest BCUT2D eigenvalue weighted by molar-refractivity contribution is 5.97. The highest BCUT2D eigenvalue weighted by Crippen LogP contribution is 2.38. The van der Waals surface area contributed by atoms with Gasteiger partial charge in [-0.3, -0.25) is 29.1 Å². The number of aromatic nitrogens is 4. The number of ether oxygens (including phenoxy) is 1. The van der Waals surface area contributed by atoms with E-state index in [1.54, 1.807) is 9.80 Å². The fourth-order valence-electron chi connectivity index (χ4n) is 8.60. The number of hydrogen-bond acceptors (Lipinski definition) is 9. The fourth-order valence-corrected chi connectivity index (χ4v) is 8.60. The van der Waals surface area contributed by atoms with Crippen LogP contribution in [-0.4, -0.2) is 91.8 Å². The number of benzene rings is 2. The van der Waals surface area contributed by atoms with Crippen LogP contribution in [0.15, 0.2) is 73.2 Å². The van der Waals surface area contributed by atoms with Gasteiger partial charge in [-0.2, -0.15) is 0 Å². The number of amides is 2. The van der Waals surface area contributed by atoms with Gasteiger partial charge in [-0.25, -0.2) is 8.78 Å². The molecule has 2 unspecified atom stereocenters. The van der Waals surface area contributed by atoms with Crippen molar-refractivity contribution in [2.45, 2.75) is 56.1 Å². The lowest BCUT2D eigenvalue weighted by Crippen LogP contribution is -2.40. The van der Waals surface area contributed by atoms with Gasteiger partial charge in [-0.15, -0.1) is 9.36 Å². The Bertz CT molecular complexity index is 2410. The molecule has 304 valence electrons. The Hall–Kier alpha value is -6.35. The van der Waals surface area contributed by atoms with Crippen molar-refractivity contribution in [3.05, 3.63) is 124 Å². The number of halogens is 2. The van der Waals surface area contributed by atoms with Gasteiger partial charge in [0, 0.05) is 73.8 Å². The molecule has 3 fully saturated rings. The van der Waals surface area contributed by atoms with Gasteiger partial charge >= 0.3 is 0 Å². The molecule has 13 nitrogen and oxygen atoms in total. The minimum Gasteiger partial charge on any atom is -0.504 e. The first-order valence-electron chi connectivity index (χ1n) is 19.7. The summed E-state index contributed by atoms with van der Waals surface area (Å²) in [5.41, 5.74) is 4.35. The van der Waals surface area contributed by atoms with E-state index in [2.05, 4.69) is 22.9 Å². The third-order valence-electron chi connectivity index (χ3n) is 12.0. The zero-order valence-electron chi connectivity index (χ0n) is 32.3. The summed E-state index contributed by atoms with van der Waals surface area (Å²) in [6, 6.07) is 14.6. The van der Waals surface area contributed by atoms with Crippen molar-refractivity contribution >= 4 is 24.4 Å². The van der Waals surface area contributed by atoms with Gasteiger partial charge in [-0.1, -0.05) is 12.1 Å².